The minimum absolute atomic E-state index is 0.192. The Morgan fingerprint density at radius 3 is 2.57 bits per heavy atom. The number of nitrogens with zero attached hydrogens (tertiary/aromatic N) is 1. The fraction of sp³-hybridized carbons (Fsp3) is 0.500. The average Bonchev–Trinajstić information content (AvgIpc) is 2.33. The first-order valence-electron chi connectivity index (χ1n) is 6.50. The number of rotatable bonds is 6. The highest BCUT2D eigenvalue weighted by atomic mass is 16.5. The molecule has 0 radical (unpaired) electrons. The quantitative estimate of drug-likeness (QED) is 0.787. The Labute approximate surface area is 122 Å². The minimum atomic E-state index is -1.29. The van der Waals surface area contributed by atoms with Crippen LogP contribution in [0.1, 0.15) is 28.5 Å². The Bertz CT molecular complexity index is 606. The van der Waals surface area contributed by atoms with Gasteiger partial charge in [0.05, 0.1) is 6.61 Å². The molecule has 1 atom stereocenters. The third-order valence-electron chi connectivity index (χ3n) is 3.04. The molecule has 1 rings (SSSR count). The molecule has 7 heteroatoms. The Morgan fingerprint density at radius 2 is 2.05 bits per heavy atom. The molecule has 2 N–H and O–H groups in total. The van der Waals surface area contributed by atoms with E-state index in [1.807, 2.05) is 0 Å². The second kappa shape index (κ2) is 7.03. The molecule has 1 heterocycles. The molecule has 1 aromatic heterocycles. The molecule has 0 spiro atoms. The SMILES string of the molecule is COCC(C)NC(=O)Cn1c(C)cc(C)c(C(=O)O)c1=O. The molecule has 0 aromatic carbocycles. The number of carbonyl (C=O) groups excluding carboxylic acids is 1. The number of aromatic nitrogens is 1. The van der Waals surface area contributed by atoms with Crippen LogP contribution in [0.15, 0.2) is 10.9 Å². The van der Waals surface area contributed by atoms with Crippen LogP contribution in [0.5, 0.6) is 0 Å². The first-order valence-corrected chi connectivity index (χ1v) is 6.50. The lowest BCUT2D eigenvalue weighted by Gasteiger charge is -2.16. The van der Waals surface area contributed by atoms with Crippen molar-refractivity contribution in [3.8, 4) is 0 Å². The van der Waals surface area contributed by atoms with Crippen LogP contribution >= 0.6 is 0 Å². The number of methoxy groups -OCH3 is 1. The highest BCUT2D eigenvalue weighted by Gasteiger charge is 2.18. The molecule has 7 nitrogen and oxygen atoms in total. The summed E-state index contributed by atoms with van der Waals surface area (Å²) >= 11 is 0. The van der Waals surface area contributed by atoms with Gasteiger partial charge in [0.2, 0.25) is 5.91 Å². The summed E-state index contributed by atoms with van der Waals surface area (Å²) in [7, 11) is 1.52. The van der Waals surface area contributed by atoms with Crippen LogP contribution in [0, 0.1) is 13.8 Å². The molecular formula is C14H20N2O5. The van der Waals surface area contributed by atoms with Crippen LogP contribution in [-0.4, -0.2) is 41.3 Å². The van der Waals surface area contributed by atoms with Gasteiger partial charge < -0.3 is 19.7 Å². The Hall–Kier alpha value is -2.15. The van der Waals surface area contributed by atoms with Gasteiger partial charge in [0.15, 0.2) is 0 Å². The van der Waals surface area contributed by atoms with Gasteiger partial charge in [0.25, 0.3) is 5.56 Å². The monoisotopic (exact) mass is 296 g/mol. The Balaban J connectivity index is 3.04. The van der Waals surface area contributed by atoms with Crippen LogP contribution in [0.4, 0.5) is 0 Å². The van der Waals surface area contributed by atoms with Crippen LogP contribution in [0.3, 0.4) is 0 Å². The number of ether oxygens (including phenoxy) is 1. The number of carboxylic acids is 1. The van der Waals surface area contributed by atoms with E-state index >= 15 is 0 Å². The molecule has 0 saturated heterocycles. The van der Waals surface area contributed by atoms with Crippen LogP contribution in [0.25, 0.3) is 0 Å². The topological polar surface area (TPSA) is 97.6 Å². The lowest BCUT2D eigenvalue weighted by molar-refractivity contribution is -0.122. The summed E-state index contributed by atoms with van der Waals surface area (Å²) in [5.74, 6) is -1.66. The predicted molar refractivity (Wildman–Crippen MR) is 76.6 cm³/mol. The number of aryl methyl sites for hydroxylation is 2. The fourth-order valence-electron chi connectivity index (χ4n) is 2.14. The second-order valence-corrected chi connectivity index (χ2v) is 4.96. The van der Waals surface area contributed by atoms with Crippen molar-refractivity contribution in [1.82, 2.24) is 9.88 Å². The van der Waals surface area contributed by atoms with E-state index in [1.54, 1.807) is 26.8 Å². The van der Waals surface area contributed by atoms with Crippen LogP contribution in [-0.2, 0) is 16.1 Å². The smallest absolute Gasteiger partial charge is 0.341 e. The summed E-state index contributed by atoms with van der Waals surface area (Å²) in [5.41, 5.74) is -0.0562. The molecule has 1 unspecified atom stereocenters. The average molecular weight is 296 g/mol. The zero-order chi connectivity index (χ0) is 16.2. The van der Waals surface area contributed by atoms with E-state index in [1.165, 1.54) is 7.11 Å². The molecule has 1 aromatic rings. The second-order valence-electron chi connectivity index (χ2n) is 4.96. The van der Waals surface area contributed by atoms with Gasteiger partial charge in [-0.25, -0.2) is 4.79 Å². The van der Waals surface area contributed by atoms with E-state index in [9.17, 15) is 14.4 Å². The number of amides is 1. The number of pyridine rings is 1. The lowest BCUT2D eigenvalue weighted by Crippen LogP contribution is -2.40. The number of carboxylic acid groups (broad SMARTS) is 1. The standard InChI is InChI=1S/C14H20N2O5/c1-8-5-10(3)16(13(18)12(8)14(19)20)6-11(17)15-9(2)7-21-4/h5,9H,6-7H2,1-4H3,(H,15,17)(H,19,20). The van der Waals surface area contributed by atoms with E-state index < -0.39 is 11.5 Å². The van der Waals surface area contributed by atoms with Crippen LogP contribution < -0.4 is 10.9 Å². The number of carbonyl (C=O) groups is 2. The third-order valence-corrected chi connectivity index (χ3v) is 3.04. The molecule has 0 aliphatic rings. The van der Waals surface area contributed by atoms with Gasteiger partial charge >= 0.3 is 5.97 Å². The van der Waals surface area contributed by atoms with Crippen molar-refractivity contribution >= 4 is 11.9 Å². The van der Waals surface area contributed by atoms with Crippen LogP contribution in [0.2, 0.25) is 0 Å². The molecule has 21 heavy (non-hydrogen) atoms. The maximum atomic E-state index is 12.2. The summed E-state index contributed by atoms with van der Waals surface area (Å²) in [6, 6.07) is 1.39. The fourth-order valence-corrected chi connectivity index (χ4v) is 2.14. The van der Waals surface area contributed by atoms with Gasteiger partial charge in [0.1, 0.15) is 12.1 Å². The zero-order valence-corrected chi connectivity index (χ0v) is 12.6. The van der Waals surface area contributed by atoms with Gasteiger partial charge in [-0.15, -0.1) is 0 Å². The Morgan fingerprint density at radius 1 is 1.43 bits per heavy atom. The van der Waals surface area contributed by atoms with Crippen molar-refractivity contribution in [2.75, 3.05) is 13.7 Å². The summed E-state index contributed by atoms with van der Waals surface area (Å²) < 4.78 is 6.07. The summed E-state index contributed by atoms with van der Waals surface area (Å²) in [6.45, 7) is 5.12. The maximum absolute atomic E-state index is 12.2. The number of hydrogen-bond donors (Lipinski definition) is 2. The zero-order valence-electron chi connectivity index (χ0n) is 12.6. The predicted octanol–water partition coefficient (Wildman–Crippen LogP) is 0.314. The maximum Gasteiger partial charge on any atom is 0.341 e. The van der Waals surface area contributed by atoms with Gasteiger partial charge in [-0.3, -0.25) is 9.59 Å². The van der Waals surface area contributed by atoms with Crippen molar-refractivity contribution in [2.24, 2.45) is 0 Å². The number of hydrogen-bond acceptors (Lipinski definition) is 4. The molecule has 0 aliphatic carbocycles. The van der Waals surface area contributed by atoms with E-state index in [0.29, 0.717) is 17.9 Å². The molecule has 0 saturated carbocycles. The van der Waals surface area contributed by atoms with E-state index in [0.717, 1.165) is 4.57 Å². The highest BCUT2D eigenvalue weighted by Crippen LogP contribution is 2.06. The van der Waals surface area contributed by atoms with Crippen molar-refractivity contribution in [2.45, 2.75) is 33.4 Å². The number of aromatic carboxylic acids is 1. The number of nitrogens with one attached hydrogen (secondary N) is 1. The van der Waals surface area contributed by atoms with E-state index in [2.05, 4.69) is 5.32 Å². The van der Waals surface area contributed by atoms with Gasteiger partial charge in [-0.1, -0.05) is 0 Å². The van der Waals surface area contributed by atoms with Crippen molar-refractivity contribution in [3.63, 3.8) is 0 Å². The van der Waals surface area contributed by atoms with Gasteiger partial charge in [0, 0.05) is 18.8 Å². The Kier molecular flexibility index (Phi) is 5.66. The third kappa shape index (κ3) is 4.16. The van der Waals surface area contributed by atoms with Crippen molar-refractivity contribution < 1.29 is 19.4 Å². The largest absolute Gasteiger partial charge is 0.477 e. The molecule has 0 bridgehead atoms. The summed E-state index contributed by atoms with van der Waals surface area (Å²) in [6.07, 6.45) is 0. The van der Waals surface area contributed by atoms with E-state index in [4.69, 9.17) is 9.84 Å². The highest BCUT2D eigenvalue weighted by molar-refractivity contribution is 5.89. The molecule has 116 valence electrons. The van der Waals surface area contributed by atoms with Gasteiger partial charge in [-0.05, 0) is 32.4 Å². The first kappa shape index (κ1) is 16.9. The van der Waals surface area contributed by atoms with Crippen molar-refractivity contribution in [1.29, 1.82) is 0 Å². The normalized spacial score (nSPS) is 12.0. The van der Waals surface area contributed by atoms with Gasteiger partial charge in [-0.2, -0.15) is 0 Å². The summed E-state index contributed by atoms with van der Waals surface area (Å²) in [4.78, 5) is 35.2. The van der Waals surface area contributed by atoms with E-state index in [-0.39, 0.29) is 24.1 Å². The lowest BCUT2D eigenvalue weighted by atomic mass is 10.1. The molecule has 1 amide bonds. The van der Waals surface area contributed by atoms with Crippen molar-refractivity contribution in [3.05, 3.63) is 33.2 Å². The first-order chi connectivity index (χ1) is 9.77. The molecule has 0 fully saturated rings. The minimum Gasteiger partial charge on any atom is -0.477 e. The molecule has 0 aliphatic heterocycles. The summed E-state index contributed by atoms with van der Waals surface area (Å²) in [5, 5.41) is 11.8. The molecular weight excluding hydrogens is 276 g/mol.